The molecule has 212 valence electrons. The van der Waals surface area contributed by atoms with Gasteiger partial charge in [0.2, 0.25) is 5.95 Å². The van der Waals surface area contributed by atoms with E-state index in [1.165, 1.54) is 19.1 Å². The molecule has 41 heavy (non-hydrogen) atoms. The fraction of sp³-hybridized carbons (Fsp3) is 0.414. The monoisotopic (exact) mass is 556 g/mol. The number of nitriles is 1. The van der Waals surface area contributed by atoms with Gasteiger partial charge >= 0.3 is 6.09 Å². The summed E-state index contributed by atoms with van der Waals surface area (Å²) >= 11 is 0. The number of hydrogen-bond acceptors (Lipinski definition) is 11. The first-order valence-electron chi connectivity index (χ1n) is 13.8. The van der Waals surface area contributed by atoms with E-state index < -0.39 is 0 Å². The van der Waals surface area contributed by atoms with Gasteiger partial charge in [0.1, 0.15) is 24.3 Å². The predicted octanol–water partition coefficient (Wildman–Crippen LogP) is 2.89. The van der Waals surface area contributed by atoms with Crippen LogP contribution in [0.4, 0.5) is 22.1 Å². The number of rotatable bonds is 7. The molecular formula is C29H32N8O4. The Morgan fingerprint density at radius 1 is 1.07 bits per heavy atom. The molecule has 4 heterocycles. The lowest BCUT2D eigenvalue weighted by molar-refractivity contribution is -0.0660. The molecule has 3 saturated heterocycles. The molecule has 6 rings (SSSR count). The summed E-state index contributed by atoms with van der Waals surface area (Å²) in [4.78, 5) is 31.4. The predicted molar refractivity (Wildman–Crippen MR) is 151 cm³/mol. The summed E-state index contributed by atoms with van der Waals surface area (Å²) in [5.74, 6) is 1.31. The lowest BCUT2D eigenvalue weighted by Crippen LogP contribution is -2.56. The van der Waals surface area contributed by atoms with Gasteiger partial charge in [0.05, 0.1) is 38.5 Å². The number of ether oxygens (including phenoxy) is 3. The first-order chi connectivity index (χ1) is 20.1. The molecule has 12 nitrogen and oxygen atoms in total. The van der Waals surface area contributed by atoms with Crippen LogP contribution < -0.4 is 15.0 Å². The van der Waals surface area contributed by atoms with Crippen LogP contribution in [0.25, 0.3) is 11.4 Å². The van der Waals surface area contributed by atoms with E-state index in [1.54, 1.807) is 17.0 Å². The Kier molecular flexibility index (Phi) is 7.80. The van der Waals surface area contributed by atoms with E-state index in [0.717, 1.165) is 45.1 Å². The van der Waals surface area contributed by atoms with E-state index in [-0.39, 0.29) is 12.2 Å². The number of benzene rings is 2. The number of anilines is 3. The minimum Gasteiger partial charge on any atom is -0.487 e. The van der Waals surface area contributed by atoms with E-state index in [2.05, 4.69) is 48.3 Å². The van der Waals surface area contributed by atoms with Gasteiger partial charge in [-0.05, 0) is 42.5 Å². The second-order valence-corrected chi connectivity index (χ2v) is 10.3. The Labute approximate surface area is 238 Å². The van der Waals surface area contributed by atoms with Crippen molar-refractivity contribution >= 4 is 23.4 Å². The summed E-state index contributed by atoms with van der Waals surface area (Å²) in [7, 11) is 1.36. The third-order valence-electron chi connectivity index (χ3n) is 7.74. The van der Waals surface area contributed by atoms with Crippen LogP contribution in [0, 0.1) is 11.3 Å². The first-order valence-corrected chi connectivity index (χ1v) is 13.8. The Bertz CT molecular complexity index is 1420. The second-order valence-electron chi connectivity index (χ2n) is 10.3. The molecule has 3 aliphatic heterocycles. The Morgan fingerprint density at radius 2 is 1.88 bits per heavy atom. The molecule has 12 heteroatoms. The van der Waals surface area contributed by atoms with Crippen LogP contribution in [0.2, 0.25) is 0 Å². The molecule has 3 fully saturated rings. The van der Waals surface area contributed by atoms with Gasteiger partial charge < -0.3 is 29.3 Å². The Hall–Kier alpha value is -4.47. The number of piperazine rings is 1. The van der Waals surface area contributed by atoms with Gasteiger partial charge in [-0.2, -0.15) is 10.2 Å². The van der Waals surface area contributed by atoms with Gasteiger partial charge in [0.15, 0.2) is 5.82 Å². The fourth-order valence-corrected chi connectivity index (χ4v) is 5.32. The Balaban J connectivity index is 1.08. The maximum absolute atomic E-state index is 11.8. The van der Waals surface area contributed by atoms with Crippen LogP contribution in [0.3, 0.4) is 0 Å². The number of hydrogen-bond donors (Lipinski definition) is 1. The highest BCUT2D eigenvalue weighted by Gasteiger charge is 2.30. The van der Waals surface area contributed by atoms with Crippen molar-refractivity contribution in [1.82, 2.24) is 24.8 Å². The summed E-state index contributed by atoms with van der Waals surface area (Å²) < 4.78 is 16.2. The van der Waals surface area contributed by atoms with Crippen LogP contribution in [-0.4, -0.2) is 103 Å². The average molecular weight is 557 g/mol. The van der Waals surface area contributed by atoms with Crippen molar-refractivity contribution in [2.45, 2.75) is 18.6 Å². The minimum absolute atomic E-state index is 0.210. The van der Waals surface area contributed by atoms with E-state index in [0.29, 0.717) is 54.2 Å². The Morgan fingerprint density at radius 3 is 2.59 bits per heavy atom. The normalized spacial score (nSPS) is 19.4. The van der Waals surface area contributed by atoms with Crippen molar-refractivity contribution in [1.29, 1.82) is 5.26 Å². The van der Waals surface area contributed by atoms with E-state index >= 15 is 0 Å². The standard InChI is InChI=1S/C29H32N8O4/c1-39-29(38)37-9-8-25(16-37)41-26-7-2-20(14-21(26)15-30)27-31-19-32-28(34-27)33-22-3-5-23(6-4-22)35-10-12-36(13-11-35)24-17-40-18-24/h2-7,14,19,24-25H,8-13,16-18H2,1H3,(H,31,32,33,34). The molecule has 0 bridgehead atoms. The highest BCUT2D eigenvalue weighted by molar-refractivity contribution is 5.68. The van der Waals surface area contributed by atoms with Gasteiger partial charge in [-0.3, -0.25) is 4.90 Å². The molecule has 0 radical (unpaired) electrons. The van der Waals surface area contributed by atoms with Crippen molar-refractivity contribution in [3.05, 3.63) is 54.4 Å². The zero-order valence-corrected chi connectivity index (χ0v) is 22.9. The van der Waals surface area contributed by atoms with E-state index in [4.69, 9.17) is 14.2 Å². The van der Waals surface area contributed by atoms with Crippen molar-refractivity contribution in [2.24, 2.45) is 0 Å². The van der Waals surface area contributed by atoms with Crippen molar-refractivity contribution in [3.63, 3.8) is 0 Å². The summed E-state index contributed by atoms with van der Waals surface area (Å²) in [5, 5.41) is 13.0. The number of amides is 1. The minimum atomic E-state index is -0.379. The SMILES string of the molecule is COC(=O)N1CCC(Oc2ccc(-c3ncnc(Nc4ccc(N5CCN(C6COC6)CC5)cc4)n3)cc2C#N)C1. The molecule has 1 amide bonds. The summed E-state index contributed by atoms with van der Waals surface area (Å²) in [5.41, 5.74) is 3.10. The van der Waals surface area contributed by atoms with E-state index in [9.17, 15) is 10.1 Å². The highest BCUT2D eigenvalue weighted by Crippen LogP contribution is 2.28. The highest BCUT2D eigenvalue weighted by atomic mass is 16.5. The van der Waals surface area contributed by atoms with Gasteiger partial charge in [0.25, 0.3) is 0 Å². The number of methoxy groups -OCH3 is 1. The van der Waals surface area contributed by atoms with Gasteiger partial charge in [-0.25, -0.2) is 14.8 Å². The van der Waals surface area contributed by atoms with Gasteiger partial charge in [-0.1, -0.05) is 0 Å². The largest absolute Gasteiger partial charge is 0.487 e. The van der Waals surface area contributed by atoms with Gasteiger partial charge in [-0.15, -0.1) is 0 Å². The van der Waals surface area contributed by atoms with E-state index in [1.807, 2.05) is 18.2 Å². The van der Waals surface area contributed by atoms with Crippen LogP contribution in [-0.2, 0) is 9.47 Å². The van der Waals surface area contributed by atoms with Crippen LogP contribution in [0.1, 0.15) is 12.0 Å². The second kappa shape index (κ2) is 12.0. The molecule has 1 aromatic heterocycles. The molecule has 0 aliphatic carbocycles. The number of carbonyl (C=O) groups excluding carboxylic acids is 1. The van der Waals surface area contributed by atoms with Crippen LogP contribution in [0.5, 0.6) is 5.75 Å². The van der Waals surface area contributed by atoms with Crippen molar-refractivity contribution in [2.75, 3.05) is 69.8 Å². The number of nitrogens with one attached hydrogen (secondary N) is 1. The topological polar surface area (TPSA) is 129 Å². The van der Waals surface area contributed by atoms with Crippen molar-refractivity contribution < 1.29 is 19.0 Å². The summed E-state index contributed by atoms with van der Waals surface area (Å²) in [6.45, 7) is 6.79. The third-order valence-corrected chi connectivity index (χ3v) is 7.74. The maximum Gasteiger partial charge on any atom is 0.409 e. The fourth-order valence-electron chi connectivity index (χ4n) is 5.32. The number of likely N-dealkylation sites (tertiary alicyclic amines) is 1. The summed E-state index contributed by atoms with van der Waals surface area (Å²) in [6.07, 6.45) is 1.52. The van der Waals surface area contributed by atoms with Crippen LogP contribution in [0.15, 0.2) is 48.8 Å². The quantitative estimate of drug-likeness (QED) is 0.461. The average Bonchev–Trinajstić information content (AvgIpc) is 3.46. The molecule has 1 unspecified atom stereocenters. The molecule has 0 saturated carbocycles. The summed E-state index contributed by atoms with van der Waals surface area (Å²) in [6, 6.07) is 16.3. The lowest BCUT2D eigenvalue weighted by Gasteiger charge is -2.43. The number of aromatic nitrogens is 3. The molecular weight excluding hydrogens is 524 g/mol. The van der Waals surface area contributed by atoms with Gasteiger partial charge in [0, 0.05) is 56.1 Å². The maximum atomic E-state index is 11.8. The zero-order valence-electron chi connectivity index (χ0n) is 22.9. The van der Waals surface area contributed by atoms with Crippen molar-refractivity contribution in [3.8, 4) is 23.2 Å². The number of carbonyl (C=O) groups is 1. The zero-order chi connectivity index (χ0) is 28.2. The first kappa shape index (κ1) is 26.7. The third kappa shape index (κ3) is 6.01. The number of nitrogens with zero attached hydrogens (tertiary/aromatic N) is 7. The smallest absolute Gasteiger partial charge is 0.409 e. The molecule has 3 aliphatic rings. The molecule has 1 atom stereocenters. The molecule has 3 aromatic rings. The lowest BCUT2D eigenvalue weighted by atomic mass is 10.1. The molecule has 2 aromatic carbocycles. The molecule has 1 N–H and O–H groups in total. The molecule has 0 spiro atoms. The van der Waals surface area contributed by atoms with Crippen LogP contribution >= 0.6 is 0 Å².